The molecule has 1 aromatic carbocycles. The van der Waals surface area contributed by atoms with Gasteiger partial charge >= 0.3 is 0 Å². The van der Waals surface area contributed by atoms with Crippen LogP contribution in [0.15, 0.2) is 42.9 Å². The molecule has 94 valence electrons. The Morgan fingerprint density at radius 2 is 2.22 bits per heavy atom. The van der Waals surface area contributed by atoms with Crippen molar-refractivity contribution in [3.8, 4) is 5.75 Å². The van der Waals surface area contributed by atoms with E-state index < -0.39 is 0 Å². The molecule has 1 aromatic heterocycles. The van der Waals surface area contributed by atoms with Gasteiger partial charge in [-0.2, -0.15) is 0 Å². The van der Waals surface area contributed by atoms with Gasteiger partial charge in [0.25, 0.3) is 0 Å². The summed E-state index contributed by atoms with van der Waals surface area (Å²) in [6.07, 6.45) is 3.31. The predicted molar refractivity (Wildman–Crippen MR) is 70.5 cm³/mol. The molecule has 0 bridgehead atoms. The lowest BCUT2D eigenvalue weighted by Crippen LogP contribution is -2.18. The van der Waals surface area contributed by atoms with Gasteiger partial charge in [-0.3, -0.25) is 0 Å². The summed E-state index contributed by atoms with van der Waals surface area (Å²) in [4.78, 5) is 8.23. The quantitative estimate of drug-likeness (QED) is 0.874. The van der Waals surface area contributed by atoms with Gasteiger partial charge in [-0.05, 0) is 37.7 Å². The molecule has 2 rings (SSSR count). The van der Waals surface area contributed by atoms with Crippen LogP contribution in [0.1, 0.15) is 24.2 Å². The van der Waals surface area contributed by atoms with Crippen LogP contribution in [0, 0.1) is 0 Å². The minimum atomic E-state index is 0.0495. The lowest BCUT2D eigenvalue weighted by atomic mass is 10.0. The highest BCUT2D eigenvalue weighted by atomic mass is 16.5. The van der Waals surface area contributed by atoms with E-state index in [0.717, 1.165) is 17.0 Å². The standard InChI is InChI=1S/C14H17N3O/c1-3-18-12-6-4-5-11(9-12)14(15-2)13-7-8-16-10-17-13/h4-10,14-15H,3H2,1-2H3. The van der Waals surface area contributed by atoms with E-state index in [0.29, 0.717) is 6.61 Å². The van der Waals surface area contributed by atoms with Crippen LogP contribution in [0.4, 0.5) is 0 Å². The smallest absolute Gasteiger partial charge is 0.119 e. The van der Waals surface area contributed by atoms with Gasteiger partial charge in [0.2, 0.25) is 0 Å². The van der Waals surface area contributed by atoms with E-state index in [-0.39, 0.29) is 6.04 Å². The van der Waals surface area contributed by atoms with E-state index in [2.05, 4.69) is 21.4 Å². The Hall–Kier alpha value is -1.94. The Morgan fingerprint density at radius 3 is 2.89 bits per heavy atom. The number of ether oxygens (including phenoxy) is 1. The summed E-state index contributed by atoms with van der Waals surface area (Å²) < 4.78 is 5.52. The summed E-state index contributed by atoms with van der Waals surface area (Å²) in [6.45, 7) is 2.65. The fourth-order valence-electron chi connectivity index (χ4n) is 1.91. The number of hydrogen-bond donors (Lipinski definition) is 1. The Balaban J connectivity index is 2.30. The maximum atomic E-state index is 5.52. The summed E-state index contributed by atoms with van der Waals surface area (Å²) in [6, 6.07) is 10.0. The van der Waals surface area contributed by atoms with E-state index in [1.807, 2.05) is 38.2 Å². The third kappa shape index (κ3) is 2.84. The van der Waals surface area contributed by atoms with E-state index in [1.165, 1.54) is 0 Å². The summed E-state index contributed by atoms with van der Waals surface area (Å²) in [7, 11) is 1.92. The first kappa shape index (κ1) is 12.5. The van der Waals surface area contributed by atoms with Crippen LogP contribution in [-0.2, 0) is 0 Å². The number of nitrogens with zero attached hydrogens (tertiary/aromatic N) is 2. The molecule has 0 aliphatic rings. The summed E-state index contributed by atoms with van der Waals surface area (Å²) >= 11 is 0. The van der Waals surface area contributed by atoms with Crippen molar-refractivity contribution >= 4 is 0 Å². The Bertz CT molecular complexity index is 487. The highest BCUT2D eigenvalue weighted by Gasteiger charge is 2.13. The lowest BCUT2D eigenvalue weighted by Gasteiger charge is -2.16. The normalized spacial score (nSPS) is 12.1. The van der Waals surface area contributed by atoms with Crippen molar-refractivity contribution in [2.24, 2.45) is 0 Å². The van der Waals surface area contributed by atoms with E-state index in [1.54, 1.807) is 12.5 Å². The number of aromatic nitrogens is 2. The van der Waals surface area contributed by atoms with Gasteiger partial charge in [-0.1, -0.05) is 12.1 Å². The molecule has 0 aliphatic heterocycles. The summed E-state index contributed by atoms with van der Waals surface area (Å²) in [5.41, 5.74) is 2.07. The number of rotatable bonds is 5. The molecule has 0 radical (unpaired) electrons. The van der Waals surface area contributed by atoms with E-state index in [9.17, 15) is 0 Å². The molecule has 4 nitrogen and oxygen atoms in total. The molecular formula is C14H17N3O. The molecule has 1 atom stereocenters. The van der Waals surface area contributed by atoms with Gasteiger partial charge in [-0.15, -0.1) is 0 Å². The molecule has 0 saturated carbocycles. The third-order valence-corrected chi connectivity index (χ3v) is 2.69. The van der Waals surface area contributed by atoms with Gasteiger partial charge < -0.3 is 10.1 Å². The first-order valence-corrected chi connectivity index (χ1v) is 6.01. The zero-order valence-corrected chi connectivity index (χ0v) is 10.6. The van der Waals surface area contributed by atoms with Crippen molar-refractivity contribution in [3.05, 3.63) is 54.1 Å². The minimum Gasteiger partial charge on any atom is -0.494 e. The highest BCUT2D eigenvalue weighted by molar-refractivity contribution is 5.34. The molecule has 0 amide bonds. The lowest BCUT2D eigenvalue weighted by molar-refractivity contribution is 0.339. The third-order valence-electron chi connectivity index (χ3n) is 2.69. The van der Waals surface area contributed by atoms with Crippen molar-refractivity contribution in [1.29, 1.82) is 0 Å². The van der Waals surface area contributed by atoms with Crippen molar-refractivity contribution in [2.45, 2.75) is 13.0 Å². The molecule has 0 saturated heterocycles. The number of nitrogens with one attached hydrogen (secondary N) is 1. The monoisotopic (exact) mass is 243 g/mol. The van der Waals surface area contributed by atoms with Crippen LogP contribution in [-0.4, -0.2) is 23.6 Å². The molecule has 18 heavy (non-hydrogen) atoms. The molecule has 1 unspecified atom stereocenters. The van der Waals surface area contributed by atoms with Crippen LogP contribution in [0.2, 0.25) is 0 Å². The highest BCUT2D eigenvalue weighted by Crippen LogP contribution is 2.23. The first-order chi connectivity index (χ1) is 8.85. The molecule has 1 heterocycles. The molecule has 0 aliphatic carbocycles. The first-order valence-electron chi connectivity index (χ1n) is 6.01. The van der Waals surface area contributed by atoms with E-state index in [4.69, 9.17) is 4.74 Å². The van der Waals surface area contributed by atoms with Gasteiger partial charge in [0, 0.05) is 6.20 Å². The zero-order valence-electron chi connectivity index (χ0n) is 10.6. The van der Waals surface area contributed by atoms with Gasteiger partial charge in [0.1, 0.15) is 12.1 Å². The second kappa shape index (κ2) is 6.12. The summed E-state index contributed by atoms with van der Waals surface area (Å²) in [5, 5.41) is 3.26. The average Bonchev–Trinajstić information content (AvgIpc) is 2.42. The van der Waals surface area contributed by atoms with Crippen LogP contribution in [0.3, 0.4) is 0 Å². The van der Waals surface area contributed by atoms with E-state index >= 15 is 0 Å². The zero-order chi connectivity index (χ0) is 12.8. The SMILES string of the molecule is CCOc1cccc(C(NC)c2ccncn2)c1. The molecule has 2 aromatic rings. The maximum Gasteiger partial charge on any atom is 0.119 e. The second-order valence-corrected chi connectivity index (χ2v) is 3.86. The van der Waals surface area contributed by atoms with Crippen molar-refractivity contribution in [1.82, 2.24) is 15.3 Å². The van der Waals surface area contributed by atoms with Crippen LogP contribution in [0.25, 0.3) is 0 Å². The molecule has 1 N–H and O–H groups in total. The molecule has 0 fully saturated rings. The fourth-order valence-corrected chi connectivity index (χ4v) is 1.91. The minimum absolute atomic E-state index is 0.0495. The predicted octanol–water partition coefficient (Wildman–Crippen LogP) is 2.18. The Morgan fingerprint density at radius 1 is 1.33 bits per heavy atom. The Kier molecular flexibility index (Phi) is 4.25. The van der Waals surface area contributed by atoms with Gasteiger partial charge in [0.15, 0.2) is 0 Å². The molecular weight excluding hydrogens is 226 g/mol. The van der Waals surface area contributed by atoms with Crippen LogP contribution in [0.5, 0.6) is 5.75 Å². The topological polar surface area (TPSA) is 47.0 Å². The van der Waals surface area contributed by atoms with Gasteiger partial charge in [-0.25, -0.2) is 9.97 Å². The number of benzene rings is 1. The van der Waals surface area contributed by atoms with Crippen LogP contribution >= 0.6 is 0 Å². The molecule has 4 heteroatoms. The van der Waals surface area contributed by atoms with Crippen LogP contribution < -0.4 is 10.1 Å². The second-order valence-electron chi connectivity index (χ2n) is 3.86. The van der Waals surface area contributed by atoms with Gasteiger partial charge in [0.05, 0.1) is 18.3 Å². The average molecular weight is 243 g/mol. The Labute approximate surface area is 107 Å². The fraction of sp³-hybridized carbons (Fsp3) is 0.286. The van der Waals surface area contributed by atoms with Crippen molar-refractivity contribution in [3.63, 3.8) is 0 Å². The maximum absolute atomic E-state index is 5.52. The number of hydrogen-bond acceptors (Lipinski definition) is 4. The summed E-state index contributed by atoms with van der Waals surface area (Å²) in [5.74, 6) is 0.879. The molecule has 0 spiro atoms. The van der Waals surface area contributed by atoms with Crippen molar-refractivity contribution < 1.29 is 4.74 Å². The largest absolute Gasteiger partial charge is 0.494 e. The van der Waals surface area contributed by atoms with Crippen molar-refractivity contribution in [2.75, 3.05) is 13.7 Å².